The van der Waals surface area contributed by atoms with Crippen LogP contribution in [0.5, 0.6) is 0 Å². The van der Waals surface area contributed by atoms with Crippen molar-refractivity contribution < 1.29 is 19.0 Å². The SMILES string of the molecule is C=C[C@@]1(C)CC[C@H](C(CC[C@H]2OC(C)(C)OC2(C)C)C(=O)OC)C[C@@H]1C(=C)C. The van der Waals surface area contributed by atoms with Crippen LogP contribution in [0.4, 0.5) is 0 Å². The van der Waals surface area contributed by atoms with Crippen LogP contribution >= 0.6 is 0 Å². The standard InChI is InChI=1S/C24H40O4/c1-10-24(8)14-13-17(15-19(24)16(2)3)18(21(25)26-9)11-12-20-22(4,5)28-23(6,7)27-20/h10,17-20H,1-2,11-15H2,3-9H3/t17-,18?,19+,20+,24-/m0/s1. The number of carbonyl (C=O) groups excluding carboxylic acids is 1. The van der Waals surface area contributed by atoms with E-state index < -0.39 is 5.79 Å². The lowest BCUT2D eigenvalue weighted by Gasteiger charge is -2.45. The van der Waals surface area contributed by atoms with E-state index in [9.17, 15) is 4.79 Å². The lowest BCUT2D eigenvalue weighted by Crippen LogP contribution is -2.39. The minimum Gasteiger partial charge on any atom is -0.469 e. The Labute approximate surface area is 171 Å². The first-order valence-corrected chi connectivity index (χ1v) is 10.6. The quantitative estimate of drug-likeness (QED) is 0.413. The molecule has 1 aliphatic carbocycles. The summed E-state index contributed by atoms with van der Waals surface area (Å²) in [5.74, 6) is -0.178. The van der Waals surface area contributed by atoms with E-state index in [1.807, 2.05) is 13.8 Å². The Morgan fingerprint density at radius 3 is 2.39 bits per heavy atom. The molecule has 0 spiro atoms. The molecular weight excluding hydrogens is 352 g/mol. The molecule has 4 nitrogen and oxygen atoms in total. The summed E-state index contributed by atoms with van der Waals surface area (Å²) < 4.78 is 17.4. The molecule has 2 aliphatic rings. The average molecular weight is 393 g/mol. The van der Waals surface area contributed by atoms with Gasteiger partial charge >= 0.3 is 5.97 Å². The number of esters is 1. The highest BCUT2D eigenvalue weighted by molar-refractivity contribution is 5.72. The minimum absolute atomic E-state index is 0.0337. The van der Waals surface area contributed by atoms with Crippen molar-refractivity contribution in [3.63, 3.8) is 0 Å². The van der Waals surface area contributed by atoms with E-state index in [4.69, 9.17) is 14.2 Å². The van der Waals surface area contributed by atoms with Gasteiger partial charge in [0, 0.05) is 0 Å². The lowest BCUT2D eigenvalue weighted by atomic mass is 9.60. The molecule has 0 radical (unpaired) electrons. The van der Waals surface area contributed by atoms with Crippen LogP contribution in [0.25, 0.3) is 0 Å². The Bertz CT molecular complexity index is 606. The van der Waals surface area contributed by atoms with Crippen LogP contribution in [0.15, 0.2) is 24.8 Å². The molecule has 1 unspecified atom stereocenters. The fourth-order valence-corrected chi connectivity index (χ4v) is 5.38. The molecule has 0 aromatic rings. The monoisotopic (exact) mass is 392 g/mol. The molecule has 160 valence electrons. The first-order chi connectivity index (χ1) is 12.8. The molecule has 2 rings (SSSR count). The largest absolute Gasteiger partial charge is 0.469 e. The Kier molecular flexibility index (Phi) is 6.87. The van der Waals surface area contributed by atoms with Gasteiger partial charge in [-0.05, 0) is 84.0 Å². The molecule has 2 fully saturated rings. The van der Waals surface area contributed by atoms with Crippen molar-refractivity contribution in [3.8, 4) is 0 Å². The number of hydrogen-bond acceptors (Lipinski definition) is 4. The van der Waals surface area contributed by atoms with Crippen molar-refractivity contribution in [1.82, 2.24) is 0 Å². The van der Waals surface area contributed by atoms with Crippen LogP contribution in [-0.2, 0) is 19.0 Å². The fourth-order valence-electron chi connectivity index (χ4n) is 5.38. The molecular formula is C24H40O4. The molecule has 1 aliphatic heterocycles. The van der Waals surface area contributed by atoms with Crippen LogP contribution in [0.3, 0.4) is 0 Å². The van der Waals surface area contributed by atoms with Crippen molar-refractivity contribution in [2.75, 3.05) is 7.11 Å². The maximum Gasteiger partial charge on any atom is 0.308 e. The highest BCUT2D eigenvalue weighted by atomic mass is 16.8. The average Bonchev–Trinajstić information content (AvgIpc) is 2.82. The van der Waals surface area contributed by atoms with Crippen LogP contribution in [0, 0.1) is 23.2 Å². The van der Waals surface area contributed by atoms with Gasteiger partial charge in [-0.2, -0.15) is 0 Å². The van der Waals surface area contributed by atoms with E-state index in [1.165, 1.54) is 12.7 Å². The Balaban J connectivity index is 2.13. The number of hydrogen-bond donors (Lipinski definition) is 0. The number of rotatable bonds is 7. The van der Waals surface area contributed by atoms with E-state index in [0.717, 1.165) is 32.1 Å². The molecule has 1 saturated carbocycles. The van der Waals surface area contributed by atoms with Crippen molar-refractivity contribution in [3.05, 3.63) is 24.8 Å². The zero-order valence-electron chi connectivity index (χ0n) is 19.0. The molecule has 1 saturated heterocycles. The van der Waals surface area contributed by atoms with Crippen LogP contribution in [0.1, 0.15) is 73.6 Å². The predicted octanol–water partition coefficient (Wildman–Crippen LogP) is 5.67. The van der Waals surface area contributed by atoms with Crippen molar-refractivity contribution in [2.24, 2.45) is 23.2 Å². The second-order valence-electron chi connectivity index (χ2n) is 10.1. The maximum atomic E-state index is 12.7. The number of ether oxygens (including phenoxy) is 3. The van der Waals surface area contributed by atoms with Gasteiger partial charge in [0.15, 0.2) is 5.79 Å². The summed E-state index contributed by atoms with van der Waals surface area (Å²) in [5, 5.41) is 0. The first kappa shape index (κ1) is 23.2. The number of carbonyl (C=O) groups is 1. The highest BCUT2D eigenvalue weighted by Gasteiger charge is 2.48. The minimum atomic E-state index is -0.587. The van der Waals surface area contributed by atoms with Gasteiger partial charge in [0.25, 0.3) is 0 Å². The van der Waals surface area contributed by atoms with Gasteiger partial charge in [-0.25, -0.2) is 0 Å². The molecule has 4 heteroatoms. The maximum absolute atomic E-state index is 12.7. The zero-order chi connectivity index (χ0) is 21.3. The predicted molar refractivity (Wildman–Crippen MR) is 113 cm³/mol. The second-order valence-corrected chi connectivity index (χ2v) is 10.1. The molecule has 28 heavy (non-hydrogen) atoms. The number of methoxy groups -OCH3 is 1. The van der Waals surface area contributed by atoms with Crippen LogP contribution < -0.4 is 0 Å². The highest BCUT2D eigenvalue weighted by Crippen LogP contribution is 2.50. The molecule has 0 bridgehead atoms. The van der Waals surface area contributed by atoms with Crippen molar-refractivity contribution >= 4 is 5.97 Å². The summed E-state index contributed by atoms with van der Waals surface area (Å²) in [6.07, 6.45) is 6.55. The van der Waals surface area contributed by atoms with E-state index in [2.05, 4.69) is 46.9 Å². The summed E-state index contributed by atoms with van der Waals surface area (Å²) in [7, 11) is 1.49. The smallest absolute Gasteiger partial charge is 0.308 e. The molecule has 5 atom stereocenters. The topological polar surface area (TPSA) is 44.8 Å². The van der Waals surface area contributed by atoms with E-state index in [0.29, 0.717) is 11.8 Å². The van der Waals surface area contributed by atoms with Crippen LogP contribution in [-0.4, -0.2) is 30.6 Å². The Morgan fingerprint density at radius 2 is 1.93 bits per heavy atom. The molecule has 0 aromatic carbocycles. The normalized spacial score (nSPS) is 35.2. The summed E-state index contributed by atoms with van der Waals surface area (Å²) in [6.45, 7) is 20.7. The van der Waals surface area contributed by atoms with E-state index in [1.54, 1.807) is 0 Å². The van der Waals surface area contributed by atoms with Gasteiger partial charge in [0.05, 0.1) is 24.7 Å². The zero-order valence-corrected chi connectivity index (χ0v) is 19.0. The van der Waals surface area contributed by atoms with Gasteiger partial charge in [0.1, 0.15) is 0 Å². The number of allylic oxidation sites excluding steroid dienone is 2. The summed E-state index contributed by atoms with van der Waals surface area (Å²) >= 11 is 0. The molecule has 0 amide bonds. The Hall–Kier alpha value is -1.13. The molecule has 0 N–H and O–H groups in total. The molecule has 0 aromatic heterocycles. The van der Waals surface area contributed by atoms with Gasteiger partial charge in [-0.3, -0.25) is 4.79 Å². The third-order valence-electron chi connectivity index (χ3n) is 6.97. The third kappa shape index (κ3) is 4.88. The van der Waals surface area contributed by atoms with Gasteiger partial charge in [-0.1, -0.05) is 25.2 Å². The molecule has 1 heterocycles. The summed E-state index contributed by atoms with van der Waals surface area (Å²) in [6, 6.07) is 0. The second kappa shape index (κ2) is 8.31. The fraction of sp³-hybridized carbons (Fsp3) is 0.792. The van der Waals surface area contributed by atoms with Crippen molar-refractivity contribution in [2.45, 2.75) is 91.1 Å². The van der Waals surface area contributed by atoms with E-state index >= 15 is 0 Å². The first-order valence-electron chi connectivity index (χ1n) is 10.6. The van der Waals surface area contributed by atoms with Gasteiger partial charge in [0.2, 0.25) is 0 Å². The lowest BCUT2D eigenvalue weighted by molar-refractivity contribution is -0.158. The summed E-state index contributed by atoms with van der Waals surface area (Å²) in [5.41, 5.74) is 0.863. The van der Waals surface area contributed by atoms with Gasteiger partial charge < -0.3 is 14.2 Å². The van der Waals surface area contributed by atoms with Crippen molar-refractivity contribution in [1.29, 1.82) is 0 Å². The Morgan fingerprint density at radius 1 is 1.29 bits per heavy atom. The van der Waals surface area contributed by atoms with E-state index in [-0.39, 0.29) is 29.0 Å². The van der Waals surface area contributed by atoms with Crippen LogP contribution in [0.2, 0.25) is 0 Å². The van der Waals surface area contributed by atoms with Gasteiger partial charge in [-0.15, -0.1) is 6.58 Å². The third-order valence-corrected chi connectivity index (χ3v) is 6.97. The summed E-state index contributed by atoms with van der Waals surface area (Å²) in [4.78, 5) is 12.7.